The highest BCUT2D eigenvalue weighted by Crippen LogP contribution is 2.14. The highest BCUT2D eigenvalue weighted by molar-refractivity contribution is 5.90. The molecule has 0 spiro atoms. The van der Waals surface area contributed by atoms with Crippen molar-refractivity contribution in [3.8, 4) is 0 Å². The zero-order valence-corrected chi connectivity index (χ0v) is 9.34. The first-order valence-electron chi connectivity index (χ1n) is 5.11. The molecule has 1 N–H and O–H groups in total. The number of anilines is 1. The molecule has 1 amide bonds. The summed E-state index contributed by atoms with van der Waals surface area (Å²) in [6.07, 6.45) is 2.97. The maximum absolute atomic E-state index is 11.4. The molecule has 0 saturated carbocycles. The van der Waals surface area contributed by atoms with Gasteiger partial charge in [-0.05, 0) is 43.5 Å². The second kappa shape index (κ2) is 5.35. The van der Waals surface area contributed by atoms with Gasteiger partial charge in [-0.25, -0.2) is 0 Å². The molecule has 0 aromatic heterocycles. The second-order valence-electron chi connectivity index (χ2n) is 3.75. The van der Waals surface area contributed by atoms with E-state index in [2.05, 4.69) is 18.0 Å². The van der Waals surface area contributed by atoms with Gasteiger partial charge in [-0.15, -0.1) is 6.58 Å². The molecule has 0 atom stereocenters. The third-order valence-corrected chi connectivity index (χ3v) is 2.08. The molecule has 0 fully saturated rings. The summed E-state index contributed by atoms with van der Waals surface area (Å²) in [4.78, 5) is 11.4. The van der Waals surface area contributed by atoms with Gasteiger partial charge < -0.3 is 5.32 Å². The number of hydrogen-bond donors (Lipinski definition) is 1. The van der Waals surface area contributed by atoms with Gasteiger partial charge in [-0.2, -0.15) is 0 Å². The number of carbonyl (C=O) groups is 1. The summed E-state index contributed by atoms with van der Waals surface area (Å²) < 4.78 is 0. The minimum atomic E-state index is 0.0416. The van der Waals surface area contributed by atoms with Crippen LogP contribution in [0.5, 0.6) is 0 Å². The first kappa shape index (κ1) is 11.5. The third-order valence-electron chi connectivity index (χ3n) is 2.08. The third kappa shape index (κ3) is 3.98. The van der Waals surface area contributed by atoms with Crippen LogP contribution in [0, 0.1) is 13.8 Å². The highest BCUT2D eigenvalue weighted by atomic mass is 16.1. The number of rotatable bonds is 4. The van der Waals surface area contributed by atoms with Crippen molar-refractivity contribution >= 4 is 11.6 Å². The van der Waals surface area contributed by atoms with E-state index in [-0.39, 0.29) is 5.91 Å². The smallest absolute Gasteiger partial charge is 0.224 e. The van der Waals surface area contributed by atoms with E-state index in [1.807, 2.05) is 26.0 Å². The van der Waals surface area contributed by atoms with E-state index in [9.17, 15) is 4.79 Å². The van der Waals surface area contributed by atoms with Gasteiger partial charge in [-0.1, -0.05) is 12.1 Å². The van der Waals surface area contributed by atoms with Gasteiger partial charge in [0.25, 0.3) is 0 Å². The summed E-state index contributed by atoms with van der Waals surface area (Å²) in [6.45, 7) is 7.63. The van der Waals surface area contributed by atoms with Crippen LogP contribution in [0.4, 0.5) is 5.69 Å². The van der Waals surface area contributed by atoms with Crippen molar-refractivity contribution in [2.75, 3.05) is 5.32 Å². The Morgan fingerprint density at radius 3 is 2.47 bits per heavy atom. The number of amides is 1. The fourth-order valence-corrected chi connectivity index (χ4v) is 1.50. The van der Waals surface area contributed by atoms with E-state index in [1.54, 1.807) is 6.08 Å². The Balaban J connectivity index is 2.63. The standard InChI is InChI=1S/C13H17NO/c1-4-5-6-13(15)14-12-8-10(2)7-11(3)9-12/h4,7-9H,1,5-6H2,2-3H3,(H,14,15). The number of aryl methyl sites for hydroxylation is 2. The Morgan fingerprint density at radius 1 is 1.33 bits per heavy atom. The van der Waals surface area contributed by atoms with Gasteiger partial charge in [0.05, 0.1) is 0 Å². The lowest BCUT2D eigenvalue weighted by Gasteiger charge is -2.06. The van der Waals surface area contributed by atoms with Crippen LogP contribution >= 0.6 is 0 Å². The van der Waals surface area contributed by atoms with Crippen molar-refractivity contribution in [1.29, 1.82) is 0 Å². The van der Waals surface area contributed by atoms with Crippen molar-refractivity contribution in [1.82, 2.24) is 0 Å². The van der Waals surface area contributed by atoms with Crippen LogP contribution in [0.3, 0.4) is 0 Å². The van der Waals surface area contributed by atoms with Crippen molar-refractivity contribution in [3.05, 3.63) is 42.0 Å². The first-order valence-corrected chi connectivity index (χ1v) is 5.11. The topological polar surface area (TPSA) is 29.1 Å². The normalized spacial score (nSPS) is 9.73. The van der Waals surface area contributed by atoms with Crippen LogP contribution in [0.1, 0.15) is 24.0 Å². The largest absolute Gasteiger partial charge is 0.326 e. The molecule has 0 aliphatic carbocycles. The Kier molecular flexibility index (Phi) is 4.10. The molecule has 0 aliphatic rings. The average Bonchev–Trinajstić information content (AvgIpc) is 2.13. The lowest BCUT2D eigenvalue weighted by atomic mass is 10.1. The summed E-state index contributed by atoms with van der Waals surface area (Å²) in [5.41, 5.74) is 3.20. The summed E-state index contributed by atoms with van der Waals surface area (Å²) in [6, 6.07) is 6.02. The number of nitrogens with one attached hydrogen (secondary N) is 1. The Morgan fingerprint density at radius 2 is 1.93 bits per heavy atom. The van der Waals surface area contributed by atoms with Crippen LogP contribution in [0.2, 0.25) is 0 Å². The summed E-state index contributed by atoms with van der Waals surface area (Å²) in [7, 11) is 0. The number of allylic oxidation sites excluding steroid dienone is 1. The summed E-state index contributed by atoms with van der Waals surface area (Å²) in [5.74, 6) is 0.0416. The van der Waals surface area contributed by atoms with Crippen molar-refractivity contribution < 1.29 is 4.79 Å². The number of hydrogen-bond acceptors (Lipinski definition) is 1. The molecule has 0 unspecified atom stereocenters. The monoisotopic (exact) mass is 203 g/mol. The van der Waals surface area contributed by atoms with Gasteiger partial charge in [0.15, 0.2) is 0 Å². The SMILES string of the molecule is C=CCCC(=O)Nc1cc(C)cc(C)c1. The van der Waals surface area contributed by atoms with Gasteiger partial charge in [-0.3, -0.25) is 4.79 Å². The fourth-order valence-electron chi connectivity index (χ4n) is 1.50. The van der Waals surface area contributed by atoms with Crippen LogP contribution in [0.25, 0.3) is 0 Å². The molecule has 2 heteroatoms. The number of carbonyl (C=O) groups excluding carboxylic acids is 1. The van der Waals surface area contributed by atoms with Gasteiger partial charge in [0, 0.05) is 12.1 Å². The molecule has 1 aromatic carbocycles. The minimum absolute atomic E-state index is 0.0416. The molecule has 0 radical (unpaired) electrons. The molecule has 80 valence electrons. The predicted molar refractivity (Wildman–Crippen MR) is 64.0 cm³/mol. The van der Waals surface area contributed by atoms with Crippen LogP contribution in [-0.2, 0) is 4.79 Å². The van der Waals surface area contributed by atoms with Crippen molar-refractivity contribution in [2.45, 2.75) is 26.7 Å². The first-order chi connectivity index (χ1) is 7.11. The Labute approximate surface area is 91.0 Å². The lowest BCUT2D eigenvalue weighted by Crippen LogP contribution is -2.10. The maximum Gasteiger partial charge on any atom is 0.224 e. The molecule has 2 nitrogen and oxygen atoms in total. The molecule has 0 aliphatic heterocycles. The summed E-state index contributed by atoms with van der Waals surface area (Å²) >= 11 is 0. The van der Waals surface area contributed by atoms with Crippen molar-refractivity contribution in [2.24, 2.45) is 0 Å². The molecule has 1 aromatic rings. The molecular weight excluding hydrogens is 186 g/mol. The maximum atomic E-state index is 11.4. The van der Waals surface area contributed by atoms with E-state index >= 15 is 0 Å². The van der Waals surface area contributed by atoms with Crippen molar-refractivity contribution in [3.63, 3.8) is 0 Å². The second-order valence-corrected chi connectivity index (χ2v) is 3.75. The zero-order chi connectivity index (χ0) is 11.3. The van der Waals surface area contributed by atoms with Crippen LogP contribution < -0.4 is 5.32 Å². The molecule has 1 rings (SSSR count). The zero-order valence-electron chi connectivity index (χ0n) is 9.34. The summed E-state index contributed by atoms with van der Waals surface area (Å²) in [5, 5.41) is 2.87. The van der Waals surface area contributed by atoms with E-state index < -0.39 is 0 Å². The Bertz CT molecular complexity index is 349. The fraction of sp³-hybridized carbons (Fsp3) is 0.308. The number of benzene rings is 1. The quantitative estimate of drug-likeness (QED) is 0.748. The molecule has 15 heavy (non-hydrogen) atoms. The van der Waals surface area contributed by atoms with Crippen LogP contribution in [0.15, 0.2) is 30.9 Å². The highest BCUT2D eigenvalue weighted by Gasteiger charge is 2.01. The van der Waals surface area contributed by atoms with Crippen LogP contribution in [-0.4, -0.2) is 5.91 Å². The Hall–Kier alpha value is -1.57. The van der Waals surface area contributed by atoms with E-state index in [4.69, 9.17) is 0 Å². The van der Waals surface area contributed by atoms with Gasteiger partial charge in [0.2, 0.25) is 5.91 Å². The van der Waals surface area contributed by atoms with E-state index in [0.717, 1.165) is 23.2 Å². The van der Waals surface area contributed by atoms with Gasteiger partial charge >= 0.3 is 0 Å². The molecule has 0 heterocycles. The van der Waals surface area contributed by atoms with E-state index in [0.29, 0.717) is 6.42 Å². The molecule has 0 saturated heterocycles. The van der Waals surface area contributed by atoms with E-state index in [1.165, 1.54) is 0 Å². The molecular formula is C13H17NO. The average molecular weight is 203 g/mol. The van der Waals surface area contributed by atoms with Gasteiger partial charge in [0.1, 0.15) is 0 Å². The minimum Gasteiger partial charge on any atom is -0.326 e. The molecule has 0 bridgehead atoms. The lowest BCUT2D eigenvalue weighted by molar-refractivity contribution is -0.116. The predicted octanol–water partition coefficient (Wildman–Crippen LogP) is 3.21.